The summed E-state index contributed by atoms with van der Waals surface area (Å²) in [4.78, 5) is 25.4. The summed E-state index contributed by atoms with van der Waals surface area (Å²) in [5, 5.41) is -5.23. The molecule has 0 rings (SSSR count). The number of esters is 1. The molecule has 1 atom stereocenters. The largest absolute Gasteiger partial charge is 0.466 e. The minimum absolute atomic E-state index is 0.235. The molecule has 1 amide bonds. The minimum Gasteiger partial charge on any atom is -0.412 e. The topological polar surface area (TPSA) is 110 Å². The van der Waals surface area contributed by atoms with E-state index in [-0.39, 0.29) is 25.9 Å². The zero-order chi connectivity index (χ0) is 24.7. The first kappa shape index (κ1) is 29.2. The van der Waals surface area contributed by atoms with E-state index in [4.69, 9.17) is 4.55 Å². The van der Waals surface area contributed by atoms with E-state index in [2.05, 4.69) is 16.1 Å². The monoisotopic (exact) mass is 483 g/mol. The fourth-order valence-electron chi connectivity index (χ4n) is 2.09. The SMILES string of the molecule is C=C(C)C(=O)OC(OCC(F)(F)S(=O)(=O)O)(C(=O)N(CCCC)CCCC)C(F)(F)F. The highest BCUT2D eigenvalue weighted by Gasteiger charge is 2.68. The van der Waals surface area contributed by atoms with Crippen LogP contribution >= 0.6 is 0 Å². The number of rotatable bonds is 13. The maximum atomic E-state index is 14.0. The van der Waals surface area contributed by atoms with Crippen LogP contribution in [0.1, 0.15) is 46.5 Å². The van der Waals surface area contributed by atoms with Gasteiger partial charge in [-0.2, -0.15) is 30.4 Å². The van der Waals surface area contributed by atoms with Gasteiger partial charge in [-0.3, -0.25) is 9.35 Å². The predicted molar refractivity (Wildman–Crippen MR) is 98.5 cm³/mol. The number of nitrogens with zero attached hydrogens (tertiary/aromatic N) is 1. The number of carbonyl (C=O) groups excluding carboxylic acids is 2. The molecule has 0 aliphatic heterocycles. The molecule has 0 aliphatic carbocycles. The second-order valence-electron chi connectivity index (χ2n) is 6.68. The van der Waals surface area contributed by atoms with Crippen LogP contribution < -0.4 is 0 Å². The molecule has 0 saturated carbocycles. The van der Waals surface area contributed by atoms with Crippen molar-refractivity contribution in [3.63, 3.8) is 0 Å². The Labute approximate surface area is 177 Å². The first-order valence-electron chi connectivity index (χ1n) is 9.20. The van der Waals surface area contributed by atoms with Gasteiger partial charge in [-0.05, 0) is 19.8 Å². The van der Waals surface area contributed by atoms with Crippen molar-refractivity contribution in [3.05, 3.63) is 12.2 Å². The maximum absolute atomic E-state index is 14.0. The van der Waals surface area contributed by atoms with E-state index in [1.54, 1.807) is 13.8 Å². The first-order valence-corrected chi connectivity index (χ1v) is 10.6. The first-order chi connectivity index (χ1) is 14.0. The number of hydrogen-bond acceptors (Lipinski definition) is 6. The van der Waals surface area contributed by atoms with E-state index >= 15 is 0 Å². The van der Waals surface area contributed by atoms with Crippen molar-refractivity contribution in [2.24, 2.45) is 0 Å². The van der Waals surface area contributed by atoms with E-state index < -0.39 is 51.4 Å². The highest BCUT2D eigenvalue weighted by Crippen LogP contribution is 2.39. The van der Waals surface area contributed by atoms with Crippen LogP contribution in [-0.2, 0) is 29.2 Å². The molecule has 8 nitrogen and oxygen atoms in total. The Kier molecular flexibility index (Phi) is 10.5. The number of alkyl halides is 5. The van der Waals surface area contributed by atoms with Gasteiger partial charge in [0.15, 0.2) is 0 Å². The Morgan fingerprint density at radius 2 is 1.48 bits per heavy atom. The summed E-state index contributed by atoms with van der Waals surface area (Å²) in [5.41, 5.74) is -0.611. The molecular weight excluding hydrogens is 457 g/mol. The smallest absolute Gasteiger partial charge is 0.412 e. The molecule has 0 spiro atoms. The quantitative estimate of drug-likeness (QED) is 0.141. The summed E-state index contributed by atoms with van der Waals surface area (Å²) in [6.45, 7) is 4.28. The lowest BCUT2D eigenvalue weighted by atomic mass is 10.1. The van der Waals surface area contributed by atoms with Gasteiger partial charge in [-0.25, -0.2) is 4.79 Å². The second kappa shape index (κ2) is 11.2. The van der Waals surface area contributed by atoms with E-state index in [1.807, 2.05) is 0 Å². The van der Waals surface area contributed by atoms with Crippen molar-refractivity contribution in [3.8, 4) is 0 Å². The van der Waals surface area contributed by atoms with Crippen LogP contribution in [0.15, 0.2) is 12.2 Å². The van der Waals surface area contributed by atoms with Crippen molar-refractivity contribution in [1.82, 2.24) is 4.90 Å². The molecule has 1 unspecified atom stereocenters. The van der Waals surface area contributed by atoms with Crippen LogP contribution in [0.25, 0.3) is 0 Å². The third kappa shape index (κ3) is 7.68. The van der Waals surface area contributed by atoms with Gasteiger partial charge in [0, 0.05) is 18.7 Å². The van der Waals surface area contributed by atoms with Crippen molar-refractivity contribution in [2.75, 3.05) is 19.7 Å². The lowest BCUT2D eigenvalue weighted by Crippen LogP contribution is -2.63. The van der Waals surface area contributed by atoms with Gasteiger partial charge >= 0.3 is 39.2 Å². The highest BCUT2D eigenvalue weighted by molar-refractivity contribution is 7.86. The van der Waals surface area contributed by atoms with E-state index in [9.17, 15) is 40.0 Å². The predicted octanol–water partition coefficient (Wildman–Crippen LogP) is 3.29. The number of hydrogen-bond donors (Lipinski definition) is 1. The fourth-order valence-corrected chi connectivity index (χ4v) is 2.30. The van der Waals surface area contributed by atoms with E-state index in [0.717, 1.165) is 6.92 Å². The maximum Gasteiger partial charge on any atom is 0.466 e. The van der Waals surface area contributed by atoms with E-state index in [0.29, 0.717) is 17.7 Å². The Balaban J connectivity index is 6.47. The molecule has 0 fully saturated rings. The lowest BCUT2D eigenvalue weighted by molar-refractivity contribution is -0.356. The average Bonchev–Trinajstić information content (AvgIpc) is 2.62. The number of unbranched alkanes of at least 4 members (excludes halogenated alkanes) is 2. The minimum atomic E-state index is -6.20. The van der Waals surface area contributed by atoms with Crippen molar-refractivity contribution < 1.29 is 54.0 Å². The van der Waals surface area contributed by atoms with Crippen LogP contribution in [0.5, 0.6) is 0 Å². The molecule has 0 aromatic heterocycles. The zero-order valence-corrected chi connectivity index (χ0v) is 18.1. The van der Waals surface area contributed by atoms with E-state index in [1.165, 1.54) is 0 Å². The summed E-state index contributed by atoms with van der Waals surface area (Å²) in [6, 6.07) is 0. The third-order valence-corrected chi connectivity index (χ3v) is 4.78. The summed E-state index contributed by atoms with van der Waals surface area (Å²) in [7, 11) is -6.20. The van der Waals surface area contributed by atoms with Crippen molar-refractivity contribution >= 4 is 22.0 Å². The Bertz CT molecular complexity index is 746. The number of amides is 1. The normalized spacial score (nSPS) is 14.6. The fraction of sp³-hybridized carbons (Fsp3) is 0.765. The molecule has 31 heavy (non-hydrogen) atoms. The molecule has 0 bridgehead atoms. The standard InChI is InChI=1S/C17H26F5NO7S/c1-5-7-9-23(10-8-6-2)14(25)16(17(20,21)22,30-13(24)12(3)4)29-11-15(18,19)31(26,27)28/h3,5-11H2,1-2,4H3,(H,26,27,28). The second-order valence-corrected chi connectivity index (χ2v) is 8.23. The molecule has 182 valence electrons. The van der Waals surface area contributed by atoms with Crippen molar-refractivity contribution in [1.29, 1.82) is 0 Å². The van der Waals surface area contributed by atoms with Gasteiger partial charge in [-0.1, -0.05) is 33.3 Å². The van der Waals surface area contributed by atoms with Gasteiger partial charge in [0.05, 0.1) is 0 Å². The Morgan fingerprint density at radius 3 is 1.81 bits per heavy atom. The van der Waals surface area contributed by atoms with Crippen LogP contribution in [0.3, 0.4) is 0 Å². The van der Waals surface area contributed by atoms with Gasteiger partial charge in [0.2, 0.25) is 0 Å². The molecule has 0 aromatic rings. The number of carbonyl (C=O) groups is 2. The molecule has 0 saturated heterocycles. The van der Waals surface area contributed by atoms with Crippen LogP contribution in [0.2, 0.25) is 0 Å². The molecule has 0 aromatic carbocycles. The molecular formula is C17H26F5NO7S. The average molecular weight is 483 g/mol. The molecule has 14 heteroatoms. The number of ether oxygens (including phenoxy) is 2. The van der Waals surface area contributed by atoms with Gasteiger partial charge in [0.1, 0.15) is 6.61 Å². The Hall–Kier alpha value is -1.80. The summed E-state index contributed by atoms with van der Waals surface area (Å²) in [5.74, 6) is -8.38. The van der Waals surface area contributed by atoms with Gasteiger partial charge in [-0.15, -0.1) is 0 Å². The van der Waals surface area contributed by atoms with Crippen molar-refractivity contribution in [2.45, 2.75) is 63.7 Å². The molecule has 0 radical (unpaired) electrons. The third-order valence-electron chi connectivity index (χ3n) is 3.91. The van der Waals surface area contributed by atoms with Crippen LogP contribution in [0, 0.1) is 0 Å². The summed E-state index contributed by atoms with van der Waals surface area (Å²) < 4.78 is 107. The molecule has 0 aliphatic rings. The van der Waals surface area contributed by atoms with Crippen LogP contribution in [0.4, 0.5) is 22.0 Å². The van der Waals surface area contributed by atoms with Gasteiger partial charge in [0.25, 0.3) is 0 Å². The summed E-state index contributed by atoms with van der Waals surface area (Å²) >= 11 is 0. The molecule has 0 heterocycles. The zero-order valence-electron chi connectivity index (χ0n) is 17.3. The van der Waals surface area contributed by atoms with Crippen LogP contribution in [-0.4, -0.2) is 66.7 Å². The number of halogens is 5. The van der Waals surface area contributed by atoms with Gasteiger partial charge < -0.3 is 14.4 Å². The highest BCUT2D eigenvalue weighted by atomic mass is 32.2. The lowest BCUT2D eigenvalue weighted by Gasteiger charge is -2.37. The Morgan fingerprint density at radius 1 is 1.03 bits per heavy atom. The summed E-state index contributed by atoms with van der Waals surface area (Å²) in [6.07, 6.45) is -4.50. The molecule has 1 N–H and O–H groups in total.